The Balaban J connectivity index is 3.38. The predicted molar refractivity (Wildman–Crippen MR) is 80.8 cm³/mol. The number of methoxy groups -OCH3 is 2. The number of carbonyl (C=O) groups is 2. The molecule has 6 nitrogen and oxygen atoms in total. The van der Waals surface area contributed by atoms with Gasteiger partial charge in [-0.3, -0.25) is 0 Å². The lowest BCUT2D eigenvalue weighted by Gasteiger charge is -2.11. The fourth-order valence-corrected chi connectivity index (χ4v) is 1.79. The van der Waals surface area contributed by atoms with Gasteiger partial charge in [0.1, 0.15) is 17.1 Å². The summed E-state index contributed by atoms with van der Waals surface area (Å²) in [4.78, 5) is 24.0. The second-order valence-electron chi connectivity index (χ2n) is 4.08. The van der Waals surface area contributed by atoms with E-state index in [1.165, 1.54) is 20.3 Å². The number of ether oxygens (including phenoxy) is 4. The first kappa shape index (κ1) is 17.6. The van der Waals surface area contributed by atoms with Crippen molar-refractivity contribution in [1.29, 1.82) is 0 Å². The Morgan fingerprint density at radius 2 is 1.41 bits per heavy atom. The normalized spacial score (nSPS) is 9.64. The highest BCUT2D eigenvalue weighted by Crippen LogP contribution is 2.30. The molecular formula is C16H20O6. The van der Waals surface area contributed by atoms with E-state index in [2.05, 4.69) is 0 Å². The van der Waals surface area contributed by atoms with Crippen molar-refractivity contribution in [3.63, 3.8) is 0 Å². The van der Waals surface area contributed by atoms with Crippen LogP contribution in [0.15, 0.2) is 23.8 Å². The third kappa shape index (κ3) is 4.25. The summed E-state index contributed by atoms with van der Waals surface area (Å²) in [6.45, 7) is 3.62. The maximum atomic E-state index is 12.0. The van der Waals surface area contributed by atoms with Crippen LogP contribution in [-0.2, 0) is 19.1 Å². The molecule has 1 aromatic rings. The minimum absolute atomic E-state index is 0.151. The maximum absolute atomic E-state index is 12.0. The third-order valence-corrected chi connectivity index (χ3v) is 2.75. The van der Waals surface area contributed by atoms with Gasteiger partial charge in [0.15, 0.2) is 0 Å². The Labute approximate surface area is 129 Å². The fourth-order valence-electron chi connectivity index (χ4n) is 1.79. The van der Waals surface area contributed by atoms with E-state index in [0.717, 1.165) is 0 Å². The summed E-state index contributed by atoms with van der Waals surface area (Å²) in [7, 11) is 2.97. The van der Waals surface area contributed by atoms with Gasteiger partial charge in [-0.05, 0) is 32.1 Å². The average Bonchev–Trinajstić information content (AvgIpc) is 2.52. The molecule has 0 aliphatic carbocycles. The van der Waals surface area contributed by atoms with Crippen molar-refractivity contribution in [1.82, 2.24) is 0 Å². The SMILES string of the molecule is CCOC(=O)C(=Cc1c(OC)cccc1OC)C(=O)OCC. The van der Waals surface area contributed by atoms with Crippen molar-refractivity contribution in [2.45, 2.75) is 13.8 Å². The summed E-state index contributed by atoms with van der Waals surface area (Å²) < 4.78 is 20.3. The van der Waals surface area contributed by atoms with E-state index >= 15 is 0 Å². The third-order valence-electron chi connectivity index (χ3n) is 2.75. The van der Waals surface area contributed by atoms with Gasteiger partial charge < -0.3 is 18.9 Å². The Morgan fingerprint density at radius 3 is 1.77 bits per heavy atom. The highest BCUT2D eigenvalue weighted by atomic mass is 16.6. The molecule has 0 heterocycles. The van der Waals surface area contributed by atoms with Crippen LogP contribution >= 0.6 is 0 Å². The van der Waals surface area contributed by atoms with Crippen LogP contribution < -0.4 is 9.47 Å². The molecule has 120 valence electrons. The highest BCUT2D eigenvalue weighted by Gasteiger charge is 2.22. The molecule has 1 rings (SSSR count). The predicted octanol–water partition coefficient (Wildman–Crippen LogP) is 2.21. The average molecular weight is 308 g/mol. The molecule has 0 saturated carbocycles. The van der Waals surface area contributed by atoms with Gasteiger partial charge in [-0.2, -0.15) is 0 Å². The fraction of sp³-hybridized carbons (Fsp3) is 0.375. The molecule has 6 heteroatoms. The zero-order chi connectivity index (χ0) is 16.5. The van der Waals surface area contributed by atoms with Crippen LogP contribution in [0, 0.1) is 0 Å². The summed E-state index contributed by atoms with van der Waals surface area (Å²) in [5, 5.41) is 0. The van der Waals surface area contributed by atoms with E-state index in [4.69, 9.17) is 18.9 Å². The molecule has 0 fully saturated rings. The van der Waals surface area contributed by atoms with Crippen LogP contribution in [0.2, 0.25) is 0 Å². The van der Waals surface area contributed by atoms with Gasteiger partial charge in [-0.25, -0.2) is 9.59 Å². The van der Waals surface area contributed by atoms with E-state index in [9.17, 15) is 9.59 Å². The molecule has 0 N–H and O–H groups in total. The van der Waals surface area contributed by atoms with Gasteiger partial charge in [0.2, 0.25) is 0 Å². The minimum atomic E-state index is -0.756. The first-order valence-corrected chi connectivity index (χ1v) is 6.85. The molecule has 0 spiro atoms. The first-order chi connectivity index (χ1) is 10.6. The van der Waals surface area contributed by atoms with E-state index in [0.29, 0.717) is 17.1 Å². The van der Waals surface area contributed by atoms with E-state index in [1.807, 2.05) is 0 Å². The van der Waals surface area contributed by atoms with Gasteiger partial charge in [0, 0.05) is 0 Å². The topological polar surface area (TPSA) is 71.1 Å². The van der Waals surface area contributed by atoms with Crippen LogP contribution in [0.25, 0.3) is 6.08 Å². The molecule has 0 aromatic heterocycles. The summed E-state index contributed by atoms with van der Waals surface area (Å²) in [5.74, 6) is -0.585. The lowest BCUT2D eigenvalue weighted by Crippen LogP contribution is -2.18. The van der Waals surface area contributed by atoms with Crippen LogP contribution in [-0.4, -0.2) is 39.4 Å². The number of hydrogen-bond donors (Lipinski definition) is 0. The molecule has 0 aliphatic rings. The van der Waals surface area contributed by atoms with Crippen molar-refractivity contribution in [2.75, 3.05) is 27.4 Å². The summed E-state index contributed by atoms with van der Waals surface area (Å²) >= 11 is 0. The molecule has 1 aromatic carbocycles. The Bertz CT molecular complexity index is 520. The van der Waals surface area contributed by atoms with Crippen LogP contribution in [0.5, 0.6) is 11.5 Å². The maximum Gasteiger partial charge on any atom is 0.345 e. The van der Waals surface area contributed by atoms with Gasteiger partial charge in [0.25, 0.3) is 0 Å². The molecule has 0 unspecified atom stereocenters. The van der Waals surface area contributed by atoms with Crippen LogP contribution in [0.1, 0.15) is 19.4 Å². The second kappa shape index (κ2) is 8.71. The van der Waals surface area contributed by atoms with Crippen molar-refractivity contribution in [3.8, 4) is 11.5 Å². The van der Waals surface area contributed by atoms with Crippen molar-refractivity contribution in [3.05, 3.63) is 29.3 Å². The molecule has 0 radical (unpaired) electrons. The lowest BCUT2D eigenvalue weighted by molar-refractivity contribution is -0.146. The van der Waals surface area contributed by atoms with Gasteiger partial charge >= 0.3 is 11.9 Å². The van der Waals surface area contributed by atoms with Gasteiger partial charge in [0.05, 0.1) is 33.0 Å². The lowest BCUT2D eigenvalue weighted by atomic mass is 10.1. The molecule has 0 bridgehead atoms. The van der Waals surface area contributed by atoms with E-state index in [1.54, 1.807) is 32.0 Å². The number of carbonyl (C=O) groups excluding carboxylic acids is 2. The summed E-state index contributed by atoms with van der Waals surface area (Å²) in [6, 6.07) is 5.13. The standard InChI is InChI=1S/C16H20O6/c1-5-21-15(17)12(16(18)22-6-2)10-11-13(19-3)8-7-9-14(11)20-4/h7-10H,5-6H2,1-4H3. The van der Waals surface area contributed by atoms with Crippen molar-refractivity contribution >= 4 is 18.0 Å². The monoisotopic (exact) mass is 308 g/mol. The van der Waals surface area contributed by atoms with Crippen LogP contribution in [0.4, 0.5) is 0 Å². The van der Waals surface area contributed by atoms with E-state index in [-0.39, 0.29) is 18.8 Å². The van der Waals surface area contributed by atoms with Crippen LogP contribution in [0.3, 0.4) is 0 Å². The zero-order valence-electron chi connectivity index (χ0n) is 13.2. The van der Waals surface area contributed by atoms with E-state index < -0.39 is 11.9 Å². The Morgan fingerprint density at radius 1 is 0.955 bits per heavy atom. The highest BCUT2D eigenvalue weighted by molar-refractivity contribution is 6.18. The Hall–Kier alpha value is -2.50. The molecular weight excluding hydrogens is 288 g/mol. The summed E-state index contributed by atoms with van der Waals surface area (Å²) in [6.07, 6.45) is 1.35. The smallest absolute Gasteiger partial charge is 0.345 e. The van der Waals surface area contributed by atoms with Crippen molar-refractivity contribution in [2.24, 2.45) is 0 Å². The number of esters is 2. The largest absolute Gasteiger partial charge is 0.496 e. The molecule has 0 amide bonds. The first-order valence-electron chi connectivity index (χ1n) is 6.85. The minimum Gasteiger partial charge on any atom is -0.496 e. The zero-order valence-corrected chi connectivity index (χ0v) is 13.2. The summed E-state index contributed by atoms with van der Waals surface area (Å²) in [5.41, 5.74) is 0.245. The number of rotatable bonds is 7. The molecule has 0 aliphatic heterocycles. The molecule has 0 saturated heterocycles. The molecule has 22 heavy (non-hydrogen) atoms. The quantitative estimate of drug-likeness (QED) is 0.333. The molecule has 0 atom stereocenters. The second-order valence-corrected chi connectivity index (χ2v) is 4.08. The number of hydrogen-bond acceptors (Lipinski definition) is 6. The number of benzene rings is 1. The van der Waals surface area contributed by atoms with Crippen molar-refractivity contribution < 1.29 is 28.5 Å². The Kier molecular flexibility index (Phi) is 6.95. The van der Waals surface area contributed by atoms with Gasteiger partial charge in [-0.15, -0.1) is 0 Å². The van der Waals surface area contributed by atoms with Gasteiger partial charge in [-0.1, -0.05) is 6.07 Å².